The van der Waals surface area contributed by atoms with Crippen LogP contribution >= 0.6 is 15.9 Å². The maximum absolute atomic E-state index is 4.67. The van der Waals surface area contributed by atoms with Crippen molar-refractivity contribution in [1.82, 2.24) is 0 Å². The van der Waals surface area contributed by atoms with Crippen molar-refractivity contribution < 1.29 is 0 Å². The monoisotopic (exact) mass is 410 g/mol. The molecule has 1 heterocycles. The summed E-state index contributed by atoms with van der Waals surface area (Å²) in [6.07, 6.45) is 5.47. The Bertz CT molecular complexity index is 878. The van der Waals surface area contributed by atoms with Gasteiger partial charge < -0.3 is 4.90 Å². The van der Waals surface area contributed by atoms with Crippen LogP contribution in [0.3, 0.4) is 0 Å². The zero-order valence-electron chi connectivity index (χ0n) is 16.3. The van der Waals surface area contributed by atoms with Crippen molar-refractivity contribution in [3.63, 3.8) is 0 Å². The van der Waals surface area contributed by atoms with Crippen molar-refractivity contribution in [3.8, 4) is 0 Å². The molecule has 0 saturated heterocycles. The number of allylic oxidation sites excluding steroid dienone is 1. The Morgan fingerprint density at radius 1 is 1.12 bits per heavy atom. The maximum Gasteiger partial charge on any atom is 0.0772 e. The summed E-state index contributed by atoms with van der Waals surface area (Å²) >= 11 is 3.60. The minimum atomic E-state index is 0.0511. The van der Waals surface area contributed by atoms with Crippen LogP contribution in [0.1, 0.15) is 50.8 Å². The Hall–Kier alpha value is -1.87. The number of rotatable bonds is 4. The maximum atomic E-state index is 4.67. The second-order valence-electron chi connectivity index (χ2n) is 7.62. The lowest BCUT2D eigenvalue weighted by Crippen LogP contribution is -2.45. The molecular weight excluding hydrogens is 384 g/mol. The molecular formula is C23H27BrN2. The van der Waals surface area contributed by atoms with Crippen LogP contribution in [0.15, 0.2) is 51.9 Å². The van der Waals surface area contributed by atoms with Gasteiger partial charge in [0, 0.05) is 28.5 Å². The second-order valence-corrected chi connectivity index (χ2v) is 8.48. The van der Waals surface area contributed by atoms with Crippen LogP contribution < -0.4 is 4.90 Å². The largest absolute Gasteiger partial charge is 0.362 e. The Balaban J connectivity index is 1.96. The SMILES string of the molecule is CCCN1c2ccc(C=Nc3ccc(C)cc3Br)cc2C(C)=CC1(C)C. The number of aryl methyl sites for hydroxylation is 1. The van der Waals surface area contributed by atoms with E-state index in [-0.39, 0.29) is 5.54 Å². The minimum Gasteiger partial charge on any atom is -0.362 e. The van der Waals surface area contributed by atoms with Crippen LogP contribution in [0, 0.1) is 6.92 Å². The molecule has 1 aliphatic rings. The lowest BCUT2D eigenvalue weighted by molar-refractivity contribution is 0.550. The second kappa shape index (κ2) is 7.40. The van der Waals surface area contributed by atoms with Crippen LogP contribution in [0.25, 0.3) is 5.57 Å². The first-order chi connectivity index (χ1) is 12.3. The molecule has 0 saturated carbocycles. The molecule has 0 spiro atoms. The van der Waals surface area contributed by atoms with Gasteiger partial charge in [0.1, 0.15) is 0 Å². The molecule has 0 radical (unpaired) electrons. The normalized spacial score (nSPS) is 15.9. The summed E-state index contributed by atoms with van der Waals surface area (Å²) in [7, 11) is 0. The van der Waals surface area contributed by atoms with E-state index in [1.165, 1.54) is 22.4 Å². The molecule has 0 fully saturated rings. The molecule has 0 amide bonds. The molecule has 0 aromatic heterocycles. The molecule has 0 N–H and O–H groups in total. The summed E-state index contributed by atoms with van der Waals surface area (Å²) in [5.41, 5.74) is 7.33. The van der Waals surface area contributed by atoms with E-state index >= 15 is 0 Å². The lowest BCUT2D eigenvalue weighted by atomic mass is 9.88. The molecule has 136 valence electrons. The van der Waals surface area contributed by atoms with Crippen molar-refractivity contribution in [2.45, 2.75) is 46.6 Å². The van der Waals surface area contributed by atoms with Gasteiger partial charge in [-0.1, -0.05) is 25.1 Å². The standard InChI is InChI=1S/C23H27BrN2/c1-6-11-26-22-10-8-18(13-19(22)17(3)14-23(26,4)5)15-25-21-9-7-16(2)12-20(21)24/h7-10,12-15H,6,11H2,1-5H3. The average Bonchev–Trinajstić information content (AvgIpc) is 2.57. The lowest BCUT2D eigenvalue weighted by Gasteiger charge is -2.43. The van der Waals surface area contributed by atoms with Crippen molar-refractivity contribution in [3.05, 3.63) is 63.6 Å². The first-order valence-electron chi connectivity index (χ1n) is 9.23. The zero-order valence-corrected chi connectivity index (χ0v) is 17.9. The van der Waals surface area contributed by atoms with E-state index in [0.717, 1.165) is 28.7 Å². The Kier molecular flexibility index (Phi) is 5.38. The third kappa shape index (κ3) is 3.78. The number of hydrogen-bond acceptors (Lipinski definition) is 2. The number of halogens is 1. The summed E-state index contributed by atoms with van der Waals surface area (Å²) in [5.74, 6) is 0. The molecule has 1 aliphatic heterocycles. The summed E-state index contributed by atoms with van der Waals surface area (Å²) in [4.78, 5) is 7.18. The third-order valence-electron chi connectivity index (χ3n) is 4.90. The van der Waals surface area contributed by atoms with Crippen LogP contribution in [0.4, 0.5) is 11.4 Å². The molecule has 0 aliphatic carbocycles. The molecule has 2 nitrogen and oxygen atoms in total. The molecule has 0 atom stereocenters. The fourth-order valence-corrected chi connectivity index (χ4v) is 4.27. The van der Waals surface area contributed by atoms with Gasteiger partial charge in [-0.3, -0.25) is 4.99 Å². The molecule has 0 unspecified atom stereocenters. The van der Waals surface area contributed by atoms with Crippen molar-refractivity contribution in [2.24, 2.45) is 4.99 Å². The average molecular weight is 411 g/mol. The van der Waals surface area contributed by atoms with Gasteiger partial charge in [-0.25, -0.2) is 0 Å². The molecule has 3 heteroatoms. The van der Waals surface area contributed by atoms with Gasteiger partial charge in [0.05, 0.1) is 11.2 Å². The predicted molar refractivity (Wildman–Crippen MR) is 118 cm³/mol. The quantitative estimate of drug-likeness (QED) is 0.499. The predicted octanol–water partition coefficient (Wildman–Crippen LogP) is 6.92. The highest BCUT2D eigenvalue weighted by molar-refractivity contribution is 9.10. The van der Waals surface area contributed by atoms with E-state index in [9.17, 15) is 0 Å². The van der Waals surface area contributed by atoms with E-state index in [1.807, 2.05) is 12.3 Å². The topological polar surface area (TPSA) is 15.6 Å². The van der Waals surface area contributed by atoms with Crippen molar-refractivity contribution in [1.29, 1.82) is 0 Å². The molecule has 26 heavy (non-hydrogen) atoms. The highest BCUT2D eigenvalue weighted by atomic mass is 79.9. The molecule has 0 bridgehead atoms. The van der Waals surface area contributed by atoms with Gasteiger partial charge in [0.25, 0.3) is 0 Å². The highest BCUT2D eigenvalue weighted by Gasteiger charge is 2.30. The molecule has 2 aromatic rings. The van der Waals surface area contributed by atoms with Gasteiger partial charge in [0.15, 0.2) is 0 Å². The van der Waals surface area contributed by atoms with E-state index in [1.54, 1.807) is 0 Å². The first-order valence-corrected chi connectivity index (χ1v) is 10.0. The fraction of sp³-hybridized carbons (Fsp3) is 0.348. The fourth-order valence-electron chi connectivity index (χ4n) is 3.67. The number of benzene rings is 2. The van der Waals surface area contributed by atoms with Gasteiger partial charge in [-0.2, -0.15) is 0 Å². The van der Waals surface area contributed by atoms with Gasteiger partial charge in [0.2, 0.25) is 0 Å². The number of anilines is 1. The third-order valence-corrected chi connectivity index (χ3v) is 5.54. The Morgan fingerprint density at radius 2 is 1.88 bits per heavy atom. The Morgan fingerprint density at radius 3 is 2.58 bits per heavy atom. The van der Waals surface area contributed by atoms with Crippen LogP contribution in [-0.2, 0) is 0 Å². The number of hydrogen-bond donors (Lipinski definition) is 0. The summed E-state index contributed by atoms with van der Waals surface area (Å²) in [6.45, 7) is 12.2. The minimum absolute atomic E-state index is 0.0511. The van der Waals surface area contributed by atoms with E-state index in [2.05, 4.69) is 96.8 Å². The van der Waals surface area contributed by atoms with Crippen molar-refractivity contribution >= 4 is 39.1 Å². The van der Waals surface area contributed by atoms with Crippen LogP contribution in [-0.4, -0.2) is 18.3 Å². The number of nitrogens with zero attached hydrogens (tertiary/aromatic N) is 2. The summed E-state index contributed by atoms with van der Waals surface area (Å²) in [5, 5.41) is 0. The molecule has 2 aromatic carbocycles. The first kappa shape index (κ1) is 18.9. The van der Waals surface area contributed by atoms with Gasteiger partial charge in [-0.05, 0) is 91.0 Å². The van der Waals surface area contributed by atoms with Crippen LogP contribution in [0.2, 0.25) is 0 Å². The van der Waals surface area contributed by atoms with Crippen LogP contribution in [0.5, 0.6) is 0 Å². The van der Waals surface area contributed by atoms with Crippen molar-refractivity contribution in [2.75, 3.05) is 11.4 Å². The molecule has 3 rings (SSSR count). The Labute approximate surface area is 165 Å². The van der Waals surface area contributed by atoms with E-state index < -0.39 is 0 Å². The van der Waals surface area contributed by atoms with E-state index in [4.69, 9.17) is 0 Å². The van der Waals surface area contributed by atoms with Gasteiger partial charge in [-0.15, -0.1) is 0 Å². The number of aliphatic imine (C=N–C) groups is 1. The van der Waals surface area contributed by atoms with E-state index in [0.29, 0.717) is 0 Å². The summed E-state index contributed by atoms with van der Waals surface area (Å²) in [6, 6.07) is 12.9. The zero-order chi connectivity index (χ0) is 18.9. The number of fused-ring (bicyclic) bond motifs is 1. The smallest absolute Gasteiger partial charge is 0.0772 e. The highest BCUT2D eigenvalue weighted by Crippen LogP contribution is 2.39. The van der Waals surface area contributed by atoms with Gasteiger partial charge >= 0.3 is 0 Å². The summed E-state index contributed by atoms with van der Waals surface area (Å²) < 4.78 is 1.03.